The number of benzene rings is 2. The van der Waals surface area contributed by atoms with Crippen molar-refractivity contribution < 1.29 is 9.53 Å². The molecule has 1 amide bonds. The average molecular weight is 410 g/mol. The van der Waals surface area contributed by atoms with E-state index in [0.717, 1.165) is 35.8 Å². The zero-order valence-electron chi connectivity index (χ0n) is 16.2. The third-order valence-corrected chi connectivity index (χ3v) is 5.32. The number of rotatable bonds is 6. The summed E-state index contributed by atoms with van der Waals surface area (Å²) in [5.74, 6) is 1.21. The number of ether oxygens (including phenoxy) is 1. The van der Waals surface area contributed by atoms with Gasteiger partial charge in [0.05, 0.1) is 7.11 Å². The molecule has 1 aliphatic rings. The first-order chi connectivity index (χ1) is 14.1. The number of aromatic amines is 1. The first-order valence-corrected chi connectivity index (χ1v) is 9.99. The van der Waals surface area contributed by atoms with E-state index in [9.17, 15) is 4.79 Å². The van der Waals surface area contributed by atoms with E-state index >= 15 is 0 Å². The third kappa shape index (κ3) is 4.32. The van der Waals surface area contributed by atoms with Crippen LogP contribution in [0, 0.1) is 4.77 Å². The van der Waals surface area contributed by atoms with E-state index in [-0.39, 0.29) is 12.5 Å². The number of amides is 1. The van der Waals surface area contributed by atoms with E-state index in [0.29, 0.717) is 10.6 Å². The molecule has 2 aromatic carbocycles. The Hall–Kier alpha value is -3.13. The number of methoxy groups -OCH3 is 1. The van der Waals surface area contributed by atoms with Crippen molar-refractivity contribution >= 4 is 29.5 Å². The molecule has 4 rings (SSSR count). The average Bonchev–Trinajstić information content (AvgIpc) is 3.39. The van der Waals surface area contributed by atoms with Gasteiger partial charge in [-0.2, -0.15) is 5.10 Å². The van der Waals surface area contributed by atoms with Crippen LogP contribution in [0.25, 0.3) is 11.4 Å². The number of H-pyrrole nitrogens is 1. The fraction of sp³-hybridized carbons (Fsp3) is 0.286. The van der Waals surface area contributed by atoms with Crippen LogP contribution in [-0.2, 0) is 11.3 Å². The SMILES string of the molecule is COc1ccc(-c2n[nH]c(=S)n2CC(=O)Nc2cccc(N3CCCC3)c2)cc1. The molecular weight excluding hydrogens is 386 g/mol. The Morgan fingerprint density at radius 1 is 1.21 bits per heavy atom. The number of carbonyl (C=O) groups excluding carboxylic acids is 1. The summed E-state index contributed by atoms with van der Waals surface area (Å²) in [6.07, 6.45) is 2.42. The lowest BCUT2D eigenvalue weighted by atomic mass is 10.2. The van der Waals surface area contributed by atoms with Gasteiger partial charge >= 0.3 is 0 Å². The molecule has 1 aliphatic heterocycles. The Morgan fingerprint density at radius 3 is 2.69 bits per heavy atom. The van der Waals surface area contributed by atoms with Gasteiger partial charge in [-0.3, -0.25) is 14.5 Å². The van der Waals surface area contributed by atoms with Gasteiger partial charge in [-0.05, 0) is 67.5 Å². The van der Waals surface area contributed by atoms with E-state index in [1.807, 2.05) is 42.5 Å². The Labute approximate surface area is 174 Å². The van der Waals surface area contributed by atoms with Gasteiger partial charge in [-0.1, -0.05) is 6.07 Å². The standard InChI is InChI=1S/C21H23N5O2S/c1-28-18-9-7-15(8-10-18)20-23-24-21(29)26(20)14-19(27)22-16-5-4-6-17(13-16)25-11-2-3-12-25/h4-10,13H,2-3,11-12,14H2,1H3,(H,22,27)(H,24,29). The summed E-state index contributed by atoms with van der Waals surface area (Å²) in [4.78, 5) is 15.0. The molecule has 0 unspecified atom stereocenters. The number of hydrogen-bond acceptors (Lipinski definition) is 5. The van der Waals surface area contributed by atoms with Crippen molar-refractivity contribution in [2.75, 3.05) is 30.4 Å². The summed E-state index contributed by atoms with van der Waals surface area (Å²) in [5.41, 5.74) is 2.77. The van der Waals surface area contributed by atoms with Gasteiger partial charge in [-0.25, -0.2) is 0 Å². The van der Waals surface area contributed by atoms with Crippen LogP contribution in [0.1, 0.15) is 12.8 Å². The maximum Gasteiger partial charge on any atom is 0.244 e. The number of nitrogens with zero attached hydrogens (tertiary/aromatic N) is 3. The first kappa shape index (κ1) is 19.2. The van der Waals surface area contributed by atoms with Crippen LogP contribution in [0.5, 0.6) is 5.75 Å². The Balaban J connectivity index is 1.49. The normalized spacial score (nSPS) is 13.5. The molecular formula is C21H23N5O2S. The molecule has 0 radical (unpaired) electrons. The van der Waals surface area contributed by atoms with E-state index in [2.05, 4.69) is 26.5 Å². The van der Waals surface area contributed by atoms with Gasteiger partial charge in [-0.15, -0.1) is 0 Å². The highest BCUT2D eigenvalue weighted by Gasteiger charge is 2.15. The van der Waals surface area contributed by atoms with Crippen LogP contribution in [0.3, 0.4) is 0 Å². The molecule has 1 fully saturated rings. The lowest BCUT2D eigenvalue weighted by Crippen LogP contribution is -2.20. The van der Waals surface area contributed by atoms with E-state index in [4.69, 9.17) is 17.0 Å². The minimum absolute atomic E-state index is 0.0740. The molecule has 0 bridgehead atoms. The highest BCUT2D eigenvalue weighted by Crippen LogP contribution is 2.24. The van der Waals surface area contributed by atoms with Gasteiger partial charge in [0.25, 0.3) is 0 Å². The molecule has 2 N–H and O–H groups in total. The van der Waals surface area contributed by atoms with E-state index < -0.39 is 0 Å². The molecule has 0 spiro atoms. The second-order valence-electron chi connectivity index (χ2n) is 6.96. The molecule has 8 heteroatoms. The van der Waals surface area contributed by atoms with Crippen molar-refractivity contribution in [3.8, 4) is 17.1 Å². The summed E-state index contributed by atoms with van der Waals surface area (Å²) in [7, 11) is 1.62. The molecule has 150 valence electrons. The Kier molecular flexibility index (Phi) is 5.62. The zero-order valence-corrected chi connectivity index (χ0v) is 17.0. The summed E-state index contributed by atoms with van der Waals surface area (Å²) in [6, 6.07) is 15.4. The maximum absolute atomic E-state index is 12.7. The number of nitrogens with one attached hydrogen (secondary N) is 2. The predicted octanol–water partition coefficient (Wildman–Crippen LogP) is 3.86. The minimum atomic E-state index is -0.157. The first-order valence-electron chi connectivity index (χ1n) is 9.58. The highest BCUT2D eigenvalue weighted by molar-refractivity contribution is 7.71. The van der Waals surface area contributed by atoms with Gasteiger partial charge in [0.2, 0.25) is 5.91 Å². The van der Waals surface area contributed by atoms with Crippen molar-refractivity contribution in [2.24, 2.45) is 0 Å². The summed E-state index contributed by atoms with van der Waals surface area (Å²) in [5, 5.41) is 10.0. The van der Waals surface area contributed by atoms with Crippen LogP contribution in [0.15, 0.2) is 48.5 Å². The van der Waals surface area contributed by atoms with Crippen molar-refractivity contribution in [2.45, 2.75) is 19.4 Å². The quantitative estimate of drug-likeness (QED) is 0.605. The molecule has 29 heavy (non-hydrogen) atoms. The van der Waals surface area contributed by atoms with Crippen molar-refractivity contribution in [3.05, 3.63) is 53.3 Å². The van der Waals surface area contributed by atoms with Gasteiger partial charge in [0, 0.05) is 30.0 Å². The highest BCUT2D eigenvalue weighted by atomic mass is 32.1. The molecule has 0 saturated carbocycles. The van der Waals surface area contributed by atoms with Gasteiger partial charge < -0.3 is 15.0 Å². The number of anilines is 2. The van der Waals surface area contributed by atoms with Crippen LogP contribution < -0.4 is 15.0 Å². The zero-order chi connectivity index (χ0) is 20.2. The van der Waals surface area contributed by atoms with Crippen LogP contribution in [0.4, 0.5) is 11.4 Å². The van der Waals surface area contributed by atoms with Gasteiger partial charge in [0.15, 0.2) is 10.6 Å². The van der Waals surface area contributed by atoms with Crippen LogP contribution >= 0.6 is 12.2 Å². The summed E-state index contributed by atoms with van der Waals surface area (Å²) < 4.78 is 7.29. The molecule has 3 aromatic rings. The minimum Gasteiger partial charge on any atom is -0.497 e. The maximum atomic E-state index is 12.7. The number of hydrogen-bond donors (Lipinski definition) is 2. The lowest BCUT2D eigenvalue weighted by Gasteiger charge is -2.18. The van der Waals surface area contributed by atoms with E-state index in [1.165, 1.54) is 12.8 Å². The van der Waals surface area contributed by atoms with E-state index in [1.54, 1.807) is 11.7 Å². The molecule has 2 heterocycles. The number of aromatic nitrogens is 3. The van der Waals surface area contributed by atoms with Crippen LogP contribution in [-0.4, -0.2) is 40.9 Å². The fourth-order valence-electron chi connectivity index (χ4n) is 3.52. The Morgan fingerprint density at radius 2 is 1.97 bits per heavy atom. The second kappa shape index (κ2) is 8.48. The molecule has 1 saturated heterocycles. The third-order valence-electron chi connectivity index (χ3n) is 5.01. The summed E-state index contributed by atoms with van der Waals surface area (Å²) >= 11 is 5.33. The van der Waals surface area contributed by atoms with Crippen molar-refractivity contribution in [1.29, 1.82) is 0 Å². The molecule has 1 aromatic heterocycles. The topological polar surface area (TPSA) is 75.2 Å². The fourth-order valence-corrected chi connectivity index (χ4v) is 3.72. The monoisotopic (exact) mass is 409 g/mol. The Bertz CT molecular complexity index is 1050. The largest absolute Gasteiger partial charge is 0.497 e. The van der Waals surface area contributed by atoms with Gasteiger partial charge in [0.1, 0.15) is 12.3 Å². The second-order valence-corrected chi connectivity index (χ2v) is 7.35. The molecule has 7 nitrogen and oxygen atoms in total. The smallest absolute Gasteiger partial charge is 0.244 e. The lowest BCUT2D eigenvalue weighted by molar-refractivity contribution is -0.116. The molecule has 0 atom stereocenters. The number of carbonyl (C=O) groups is 1. The van der Waals surface area contributed by atoms with Crippen molar-refractivity contribution in [1.82, 2.24) is 14.8 Å². The van der Waals surface area contributed by atoms with Crippen molar-refractivity contribution in [3.63, 3.8) is 0 Å². The van der Waals surface area contributed by atoms with Crippen LogP contribution in [0.2, 0.25) is 0 Å². The predicted molar refractivity (Wildman–Crippen MR) is 116 cm³/mol. The molecule has 0 aliphatic carbocycles. The summed E-state index contributed by atoms with van der Waals surface area (Å²) in [6.45, 7) is 2.20.